The highest BCUT2D eigenvalue weighted by molar-refractivity contribution is 5.25. The summed E-state index contributed by atoms with van der Waals surface area (Å²) in [6, 6.07) is 8.78. The molecule has 3 heteroatoms. The molecule has 0 bridgehead atoms. The van der Waals surface area contributed by atoms with E-state index in [0.717, 1.165) is 32.5 Å². The molecule has 2 rings (SSSR count). The third kappa shape index (κ3) is 3.80. The van der Waals surface area contributed by atoms with Crippen molar-refractivity contribution < 1.29 is 4.74 Å². The number of benzene rings is 1. The van der Waals surface area contributed by atoms with Crippen LogP contribution in [-0.4, -0.2) is 25.8 Å². The lowest BCUT2D eigenvalue weighted by molar-refractivity contribution is 0.0195. The van der Waals surface area contributed by atoms with Crippen molar-refractivity contribution in [2.75, 3.05) is 19.7 Å². The van der Waals surface area contributed by atoms with E-state index < -0.39 is 0 Å². The Morgan fingerprint density at radius 3 is 2.78 bits per heavy atom. The highest BCUT2D eigenvalue weighted by atomic mass is 16.5. The lowest BCUT2D eigenvalue weighted by atomic mass is 9.99. The Kier molecular flexibility index (Phi) is 5.17. The van der Waals surface area contributed by atoms with E-state index in [-0.39, 0.29) is 12.1 Å². The summed E-state index contributed by atoms with van der Waals surface area (Å²) in [5.41, 5.74) is 8.85. The van der Waals surface area contributed by atoms with Crippen LogP contribution in [0.2, 0.25) is 0 Å². The summed E-state index contributed by atoms with van der Waals surface area (Å²) in [6.07, 6.45) is 3.47. The molecule has 1 saturated heterocycles. The van der Waals surface area contributed by atoms with E-state index in [0.29, 0.717) is 0 Å². The van der Waals surface area contributed by atoms with Gasteiger partial charge in [0.2, 0.25) is 0 Å². The standard InChI is InChI=1S/C15H24N2O/c1-2-3-12-4-6-13(7-5-12)15(16)10-14-11-17-8-9-18-14/h4-7,14-15,17H,2-3,8-11,16H2,1H3. The SMILES string of the molecule is CCCc1ccc(C(N)CC2CNCCO2)cc1. The lowest BCUT2D eigenvalue weighted by Crippen LogP contribution is -2.40. The zero-order chi connectivity index (χ0) is 12.8. The van der Waals surface area contributed by atoms with Crippen LogP contribution in [0.4, 0.5) is 0 Å². The molecule has 1 aliphatic heterocycles. The fourth-order valence-electron chi connectivity index (χ4n) is 2.41. The summed E-state index contributed by atoms with van der Waals surface area (Å²) in [4.78, 5) is 0. The summed E-state index contributed by atoms with van der Waals surface area (Å²) in [5.74, 6) is 0. The van der Waals surface area contributed by atoms with Crippen molar-refractivity contribution in [3.63, 3.8) is 0 Å². The lowest BCUT2D eigenvalue weighted by Gasteiger charge is -2.26. The van der Waals surface area contributed by atoms with Gasteiger partial charge in [-0.25, -0.2) is 0 Å². The van der Waals surface area contributed by atoms with Crippen molar-refractivity contribution in [2.24, 2.45) is 5.73 Å². The van der Waals surface area contributed by atoms with Crippen LogP contribution in [0.5, 0.6) is 0 Å². The summed E-state index contributed by atoms with van der Waals surface area (Å²) in [6.45, 7) is 4.87. The number of aryl methyl sites for hydroxylation is 1. The monoisotopic (exact) mass is 248 g/mol. The third-order valence-corrected chi connectivity index (χ3v) is 3.47. The van der Waals surface area contributed by atoms with Gasteiger partial charge in [0.1, 0.15) is 0 Å². The van der Waals surface area contributed by atoms with Gasteiger partial charge >= 0.3 is 0 Å². The Bertz CT molecular complexity index is 344. The topological polar surface area (TPSA) is 47.3 Å². The van der Waals surface area contributed by atoms with Crippen molar-refractivity contribution >= 4 is 0 Å². The fraction of sp³-hybridized carbons (Fsp3) is 0.600. The van der Waals surface area contributed by atoms with Crippen molar-refractivity contribution in [2.45, 2.75) is 38.3 Å². The molecule has 0 spiro atoms. The summed E-state index contributed by atoms with van der Waals surface area (Å²) in [7, 11) is 0. The first kappa shape index (κ1) is 13.5. The Morgan fingerprint density at radius 2 is 2.17 bits per heavy atom. The van der Waals surface area contributed by atoms with Crippen molar-refractivity contribution in [1.82, 2.24) is 5.32 Å². The molecule has 0 radical (unpaired) electrons. The van der Waals surface area contributed by atoms with Gasteiger partial charge in [-0.15, -0.1) is 0 Å². The fourth-order valence-corrected chi connectivity index (χ4v) is 2.41. The predicted molar refractivity (Wildman–Crippen MR) is 74.6 cm³/mol. The second kappa shape index (κ2) is 6.88. The second-order valence-electron chi connectivity index (χ2n) is 5.03. The molecule has 0 aliphatic carbocycles. The maximum absolute atomic E-state index is 6.24. The molecule has 0 saturated carbocycles. The molecule has 1 heterocycles. The predicted octanol–water partition coefficient (Wildman–Crippen LogP) is 2.02. The molecule has 1 aromatic rings. The van der Waals surface area contributed by atoms with E-state index in [1.54, 1.807) is 0 Å². The normalized spacial score (nSPS) is 21.8. The van der Waals surface area contributed by atoms with Crippen LogP contribution in [0.25, 0.3) is 0 Å². The van der Waals surface area contributed by atoms with Crippen molar-refractivity contribution in [1.29, 1.82) is 0 Å². The molecular weight excluding hydrogens is 224 g/mol. The average Bonchev–Trinajstić information content (AvgIpc) is 2.41. The third-order valence-electron chi connectivity index (χ3n) is 3.47. The number of ether oxygens (including phenoxy) is 1. The van der Waals surface area contributed by atoms with Crippen LogP contribution >= 0.6 is 0 Å². The smallest absolute Gasteiger partial charge is 0.0718 e. The Morgan fingerprint density at radius 1 is 1.39 bits per heavy atom. The van der Waals surface area contributed by atoms with Gasteiger partial charge in [0.15, 0.2) is 0 Å². The van der Waals surface area contributed by atoms with E-state index in [2.05, 4.69) is 36.5 Å². The van der Waals surface area contributed by atoms with Crippen molar-refractivity contribution in [3.8, 4) is 0 Å². The average molecular weight is 248 g/mol. The highest BCUT2D eigenvalue weighted by Gasteiger charge is 2.17. The van der Waals surface area contributed by atoms with Gasteiger partial charge in [-0.05, 0) is 24.0 Å². The molecule has 2 unspecified atom stereocenters. The quantitative estimate of drug-likeness (QED) is 0.838. The van der Waals surface area contributed by atoms with E-state index in [1.807, 2.05) is 0 Å². The largest absolute Gasteiger partial charge is 0.376 e. The van der Waals surface area contributed by atoms with Gasteiger partial charge in [-0.2, -0.15) is 0 Å². The van der Waals surface area contributed by atoms with Gasteiger partial charge < -0.3 is 15.8 Å². The minimum Gasteiger partial charge on any atom is -0.376 e. The van der Waals surface area contributed by atoms with Gasteiger partial charge in [-0.1, -0.05) is 37.6 Å². The van der Waals surface area contributed by atoms with Crippen LogP contribution in [-0.2, 0) is 11.2 Å². The van der Waals surface area contributed by atoms with Crippen LogP contribution in [0.3, 0.4) is 0 Å². The Labute approximate surface area is 110 Å². The van der Waals surface area contributed by atoms with Gasteiger partial charge in [0.05, 0.1) is 12.7 Å². The first-order valence-electron chi connectivity index (χ1n) is 6.96. The van der Waals surface area contributed by atoms with Crippen LogP contribution < -0.4 is 11.1 Å². The number of morpholine rings is 1. The number of rotatable bonds is 5. The molecule has 1 fully saturated rings. The minimum atomic E-state index is 0.0746. The molecule has 2 atom stereocenters. The number of nitrogens with one attached hydrogen (secondary N) is 1. The first-order chi connectivity index (χ1) is 8.79. The number of hydrogen-bond donors (Lipinski definition) is 2. The minimum absolute atomic E-state index is 0.0746. The van der Waals surface area contributed by atoms with Crippen LogP contribution in [0, 0.1) is 0 Å². The summed E-state index contributed by atoms with van der Waals surface area (Å²) >= 11 is 0. The zero-order valence-corrected chi connectivity index (χ0v) is 11.2. The summed E-state index contributed by atoms with van der Waals surface area (Å²) in [5, 5.41) is 3.34. The maximum Gasteiger partial charge on any atom is 0.0718 e. The highest BCUT2D eigenvalue weighted by Crippen LogP contribution is 2.19. The van der Waals surface area contributed by atoms with Crippen molar-refractivity contribution in [3.05, 3.63) is 35.4 Å². The van der Waals surface area contributed by atoms with E-state index >= 15 is 0 Å². The molecule has 1 aliphatic rings. The number of hydrogen-bond acceptors (Lipinski definition) is 3. The van der Waals surface area contributed by atoms with E-state index in [4.69, 9.17) is 10.5 Å². The van der Waals surface area contributed by atoms with Crippen LogP contribution in [0.15, 0.2) is 24.3 Å². The molecule has 100 valence electrons. The Balaban J connectivity index is 1.89. The molecule has 0 amide bonds. The summed E-state index contributed by atoms with van der Waals surface area (Å²) < 4.78 is 5.69. The van der Waals surface area contributed by atoms with Gasteiger partial charge in [0.25, 0.3) is 0 Å². The molecular formula is C15H24N2O. The second-order valence-corrected chi connectivity index (χ2v) is 5.03. The van der Waals surface area contributed by atoms with Crippen LogP contribution in [0.1, 0.15) is 36.9 Å². The van der Waals surface area contributed by atoms with E-state index in [9.17, 15) is 0 Å². The Hall–Kier alpha value is -0.900. The first-order valence-corrected chi connectivity index (χ1v) is 6.96. The van der Waals surface area contributed by atoms with Gasteiger partial charge in [-0.3, -0.25) is 0 Å². The molecule has 3 N–H and O–H groups in total. The van der Waals surface area contributed by atoms with E-state index in [1.165, 1.54) is 17.5 Å². The number of nitrogens with two attached hydrogens (primary N) is 1. The molecule has 0 aromatic heterocycles. The molecule has 18 heavy (non-hydrogen) atoms. The molecule has 3 nitrogen and oxygen atoms in total. The maximum atomic E-state index is 6.24. The zero-order valence-electron chi connectivity index (χ0n) is 11.2. The molecule has 1 aromatic carbocycles. The van der Waals surface area contributed by atoms with Gasteiger partial charge in [0, 0.05) is 19.1 Å².